The zero-order chi connectivity index (χ0) is 34.5. The molecule has 4 atom stereocenters. The molecule has 2 fully saturated rings. The minimum atomic E-state index is -4.98. The molecule has 0 radical (unpaired) electrons. The summed E-state index contributed by atoms with van der Waals surface area (Å²) >= 11 is 0. The second kappa shape index (κ2) is 12.7. The van der Waals surface area contributed by atoms with Crippen LogP contribution in [0, 0.1) is 58.7 Å². The average Bonchev–Trinajstić information content (AvgIpc) is 2.99. The van der Waals surface area contributed by atoms with Crippen molar-refractivity contribution < 1.29 is 48.6 Å². The van der Waals surface area contributed by atoms with Crippen LogP contribution in [0.25, 0.3) is 21.9 Å². The quantitative estimate of drug-likeness (QED) is 0.151. The highest BCUT2D eigenvalue weighted by molar-refractivity contribution is 5.89. The Morgan fingerprint density at radius 1 is 0.708 bits per heavy atom. The van der Waals surface area contributed by atoms with Crippen molar-refractivity contribution >= 4 is 10.8 Å². The van der Waals surface area contributed by atoms with Crippen LogP contribution in [0.2, 0.25) is 0 Å². The molecule has 0 saturated heterocycles. The van der Waals surface area contributed by atoms with Crippen LogP contribution in [0.4, 0.5) is 43.9 Å². The number of hydrogen-bond donors (Lipinski definition) is 0. The van der Waals surface area contributed by atoms with E-state index in [1.165, 1.54) is 12.0 Å². The van der Waals surface area contributed by atoms with Crippen LogP contribution in [0.1, 0.15) is 68.1 Å². The van der Waals surface area contributed by atoms with Crippen LogP contribution >= 0.6 is 0 Å². The fourth-order valence-corrected chi connectivity index (χ4v) is 7.27. The van der Waals surface area contributed by atoms with E-state index in [9.17, 15) is 22.0 Å². The molecule has 0 N–H and O–H groups in total. The Balaban J connectivity index is 1.21. The van der Waals surface area contributed by atoms with Crippen molar-refractivity contribution in [2.75, 3.05) is 0 Å². The largest absolute Gasteiger partial charge is 0.458 e. The Labute approximate surface area is 269 Å². The molecule has 2 aliphatic carbocycles. The van der Waals surface area contributed by atoms with E-state index >= 15 is 22.0 Å². The molecule has 6 rings (SSSR count). The maximum Gasteiger partial charge on any atom is 0.458 e. The maximum absolute atomic E-state index is 15.2. The molecule has 11 heteroatoms. The molecule has 48 heavy (non-hydrogen) atoms. The van der Waals surface area contributed by atoms with Crippen LogP contribution in [0.3, 0.4) is 0 Å². The summed E-state index contributed by atoms with van der Waals surface area (Å²) in [5, 5.41) is -0.430. The van der Waals surface area contributed by atoms with Gasteiger partial charge in [-0.25, -0.2) is 22.0 Å². The van der Waals surface area contributed by atoms with Gasteiger partial charge in [0.1, 0.15) is 40.4 Å². The third-order valence-electron chi connectivity index (χ3n) is 9.56. The van der Waals surface area contributed by atoms with Gasteiger partial charge in [-0.15, -0.1) is 0 Å². The molecule has 0 aromatic heterocycles. The number of rotatable bonds is 5. The molecule has 2 saturated carbocycles. The number of halogens is 10. The maximum atomic E-state index is 15.2. The van der Waals surface area contributed by atoms with Crippen molar-refractivity contribution in [3.63, 3.8) is 0 Å². The first-order valence-electron chi connectivity index (χ1n) is 15.5. The molecule has 0 heterocycles. The van der Waals surface area contributed by atoms with E-state index < -0.39 is 58.2 Å². The lowest BCUT2D eigenvalue weighted by Gasteiger charge is -2.41. The van der Waals surface area contributed by atoms with E-state index in [0.717, 1.165) is 80.5 Å². The van der Waals surface area contributed by atoms with E-state index in [-0.39, 0.29) is 27.8 Å². The molecular formula is C37H28F10O. The first-order valence-corrected chi connectivity index (χ1v) is 15.5. The fourth-order valence-electron chi connectivity index (χ4n) is 7.27. The SMILES string of the molecule is CC1CCC2CC(c3cc(F)c(C(F)(F)Oc4ccc(-c5ccc6c(F)c(C#CC(F)(F)F)c(F)cc6c5)c(F)c4)c(F)c3)CCC2C1. The molecule has 4 aromatic carbocycles. The highest BCUT2D eigenvalue weighted by Gasteiger charge is 2.42. The lowest BCUT2D eigenvalue weighted by atomic mass is 9.64. The van der Waals surface area contributed by atoms with Gasteiger partial charge in [0.15, 0.2) is 0 Å². The molecule has 0 bridgehead atoms. The van der Waals surface area contributed by atoms with Crippen LogP contribution in [-0.2, 0) is 6.11 Å². The van der Waals surface area contributed by atoms with E-state index in [1.807, 2.05) is 0 Å². The molecule has 4 unspecified atom stereocenters. The third kappa shape index (κ3) is 6.85. The number of ether oxygens (including phenoxy) is 1. The van der Waals surface area contributed by atoms with Gasteiger partial charge in [0.25, 0.3) is 0 Å². The highest BCUT2D eigenvalue weighted by atomic mass is 19.4. The van der Waals surface area contributed by atoms with Gasteiger partial charge in [0.05, 0.1) is 5.56 Å². The second-order valence-electron chi connectivity index (χ2n) is 12.8. The molecule has 0 spiro atoms. The van der Waals surface area contributed by atoms with Crippen LogP contribution < -0.4 is 4.74 Å². The normalized spacial score (nSPS) is 21.4. The van der Waals surface area contributed by atoms with Crippen molar-refractivity contribution in [2.45, 2.75) is 63.7 Å². The lowest BCUT2D eigenvalue weighted by Crippen LogP contribution is -2.30. The van der Waals surface area contributed by atoms with Gasteiger partial charge in [0, 0.05) is 22.9 Å². The fraction of sp³-hybridized carbons (Fsp3) is 0.351. The predicted molar refractivity (Wildman–Crippen MR) is 160 cm³/mol. The molecular weight excluding hydrogens is 650 g/mol. The molecule has 252 valence electrons. The number of fused-ring (bicyclic) bond motifs is 2. The van der Waals surface area contributed by atoms with Crippen molar-refractivity contribution in [3.05, 3.63) is 100 Å². The number of alkyl halides is 5. The molecule has 0 aliphatic heterocycles. The summed E-state index contributed by atoms with van der Waals surface area (Å²) in [5.41, 5.74) is -2.55. The minimum absolute atomic E-state index is 0.0377. The van der Waals surface area contributed by atoms with Gasteiger partial charge in [-0.05, 0) is 109 Å². The average molecular weight is 679 g/mol. The Morgan fingerprint density at radius 3 is 2.08 bits per heavy atom. The Bertz CT molecular complexity index is 1910. The predicted octanol–water partition coefficient (Wildman–Crippen LogP) is 11.6. The zero-order valence-electron chi connectivity index (χ0n) is 25.4. The topological polar surface area (TPSA) is 9.23 Å². The number of hydrogen-bond acceptors (Lipinski definition) is 1. The second-order valence-corrected chi connectivity index (χ2v) is 12.8. The van der Waals surface area contributed by atoms with Gasteiger partial charge < -0.3 is 4.74 Å². The summed E-state index contributed by atoms with van der Waals surface area (Å²) < 4.78 is 147. The van der Waals surface area contributed by atoms with Gasteiger partial charge in [-0.1, -0.05) is 31.4 Å². The van der Waals surface area contributed by atoms with Crippen LogP contribution in [0.15, 0.2) is 54.6 Å². The van der Waals surface area contributed by atoms with E-state index in [0.29, 0.717) is 35.8 Å². The Morgan fingerprint density at radius 2 is 1.40 bits per heavy atom. The monoisotopic (exact) mass is 678 g/mol. The molecule has 2 aliphatic rings. The van der Waals surface area contributed by atoms with Gasteiger partial charge in [-0.2, -0.15) is 22.0 Å². The summed E-state index contributed by atoms with van der Waals surface area (Å²) in [6.07, 6.45) is -3.86. The lowest BCUT2D eigenvalue weighted by molar-refractivity contribution is -0.189. The smallest absolute Gasteiger partial charge is 0.429 e. The van der Waals surface area contributed by atoms with Crippen molar-refractivity contribution in [1.82, 2.24) is 0 Å². The first kappa shape index (κ1) is 33.7. The van der Waals surface area contributed by atoms with Crippen LogP contribution in [0.5, 0.6) is 5.75 Å². The first-order chi connectivity index (χ1) is 22.6. The summed E-state index contributed by atoms with van der Waals surface area (Å²) in [5.74, 6) is -3.80. The highest BCUT2D eigenvalue weighted by Crippen LogP contribution is 2.48. The number of benzene rings is 4. The van der Waals surface area contributed by atoms with Crippen molar-refractivity contribution in [3.8, 4) is 28.7 Å². The molecule has 0 amide bonds. The summed E-state index contributed by atoms with van der Waals surface area (Å²) in [4.78, 5) is 0. The van der Waals surface area contributed by atoms with Gasteiger partial charge >= 0.3 is 12.3 Å². The van der Waals surface area contributed by atoms with Gasteiger partial charge in [0.2, 0.25) is 0 Å². The Hall–Kier alpha value is -4.20. The van der Waals surface area contributed by atoms with E-state index in [4.69, 9.17) is 0 Å². The zero-order valence-corrected chi connectivity index (χ0v) is 25.4. The van der Waals surface area contributed by atoms with Crippen molar-refractivity contribution in [2.24, 2.45) is 17.8 Å². The van der Waals surface area contributed by atoms with E-state index in [1.54, 1.807) is 0 Å². The Kier molecular flexibility index (Phi) is 8.90. The van der Waals surface area contributed by atoms with Crippen LogP contribution in [-0.4, -0.2) is 6.18 Å². The summed E-state index contributed by atoms with van der Waals surface area (Å²) in [7, 11) is 0. The minimum Gasteiger partial charge on any atom is -0.429 e. The summed E-state index contributed by atoms with van der Waals surface area (Å²) in [6, 6.07) is 8.50. The molecule has 1 nitrogen and oxygen atoms in total. The van der Waals surface area contributed by atoms with E-state index in [2.05, 4.69) is 11.7 Å². The summed E-state index contributed by atoms with van der Waals surface area (Å²) in [6.45, 7) is 2.22. The standard InChI is InChI=1S/C37H28F10O/c1-19-2-3-21-13-22(5-4-20(21)12-19)24-15-32(40)34(33(41)16-24)37(46,47)48-26-7-9-27(31(39)18-26)23-6-8-28-25(14-23)17-30(38)29(35(28)42)10-11-36(43,44)45/h6-9,14-22H,2-5,12-13H2,1H3. The molecule has 4 aromatic rings. The van der Waals surface area contributed by atoms with Crippen molar-refractivity contribution in [1.29, 1.82) is 0 Å². The third-order valence-corrected chi connectivity index (χ3v) is 9.56. The van der Waals surface area contributed by atoms with Gasteiger partial charge in [-0.3, -0.25) is 0 Å².